The van der Waals surface area contributed by atoms with Crippen molar-refractivity contribution in [2.45, 2.75) is 45.1 Å². The lowest BCUT2D eigenvalue weighted by atomic mass is 9.90. The highest BCUT2D eigenvalue weighted by atomic mass is 35.5. The number of carbonyl (C=O) groups is 2. The lowest BCUT2D eigenvalue weighted by Crippen LogP contribution is -2.50. The molecule has 23 heavy (non-hydrogen) atoms. The van der Waals surface area contributed by atoms with Gasteiger partial charge in [0.25, 0.3) is 0 Å². The highest BCUT2D eigenvalue weighted by Crippen LogP contribution is 2.33. The summed E-state index contributed by atoms with van der Waals surface area (Å²) in [5, 5.41) is 0. The van der Waals surface area contributed by atoms with Crippen molar-refractivity contribution >= 4 is 36.0 Å². The maximum atomic E-state index is 12.9. The molecule has 2 aliphatic heterocycles. The Morgan fingerprint density at radius 3 is 2.57 bits per heavy atom. The van der Waals surface area contributed by atoms with Gasteiger partial charge in [-0.1, -0.05) is 19.8 Å². The summed E-state index contributed by atoms with van der Waals surface area (Å²) >= 11 is 1.70. The predicted molar refractivity (Wildman–Crippen MR) is 95.5 cm³/mol. The second-order valence-electron chi connectivity index (χ2n) is 7.33. The highest BCUT2D eigenvalue weighted by molar-refractivity contribution is 7.99. The van der Waals surface area contributed by atoms with Crippen molar-refractivity contribution in [2.75, 3.05) is 31.3 Å². The van der Waals surface area contributed by atoms with Crippen LogP contribution >= 0.6 is 24.2 Å². The van der Waals surface area contributed by atoms with E-state index in [0.717, 1.165) is 50.9 Å². The SMILES string of the molecule is CC1(CN)CCN(C(=O)C2CSCN2C(=O)C2CCCC2)C1.Cl. The molecule has 2 heterocycles. The van der Waals surface area contributed by atoms with Crippen molar-refractivity contribution < 1.29 is 9.59 Å². The lowest BCUT2D eigenvalue weighted by Gasteiger charge is -2.30. The highest BCUT2D eigenvalue weighted by Gasteiger charge is 2.43. The van der Waals surface area contributed by atoms with Crippen LogP contribution < -0.4 is 5.73 Å². The minimum absolute atomic E-state index is 0. The number of likely N-dealkylation sites (tertiary alicyclic amines) is 1. The molecule has 3 aliphatic rings. The number of rotatable bonds is 3. The minimum atomic E-state index is -0.252. The summed E-state index contributed by atoms with van der Waals surface area (Å²) in [6, 6.07) is -0.252. The third-order valence-corrected chi connectivity index (χ3v) is 6.53. The Hall–Kier alpha value is -0.460. The quantitative estimate of drug-likeness (QED) is 0.830. The van der Waals surface area contributed by atoms with Gasteiger partial charge in [-0.2, -0.15) is 0 Å². The van der Waals surface area contributed by atoms with Crippen molar-refractivity contribution in [3.05, 3.63) is 0 Å². The van der Waals surface area contributed by atoms with Gasteiger partial charge in [-0.3, -0.25) is 9.59 Å². The van der Waals surface area contributed by atoms with E-state index in [1.54, 1.807) is 11.8 Å². The average molecular weight is 362 g/mol. The number of thioether (sulfide) groups is 1. The van der Waals surface area contributed by atoms with Crippen molar-refractivity contribution in [1.29, 1.82) is 0 Å². The van der Waals surface area contributed by atoms with Crippen LogP contribution in [0, 0.1) is 11.3 Å². The first-order valence-corrected chi connectivity index (χ1v) is 9.57. The van der Waals surface area contributed by atoms with Crippen LogP contribution in [-0.2, 0) is 9.59 Å². The van der Waals surface area contributed by atoms with Gasteiger partial charge in [0.2, 0.25) is 11.8 Å². The van der Waals surface area contributed by atoms with Crippen LogP contribution in [0.15, 0.2) is 0 Å². The molecule has 0 aromatic heterocycles. The Morgan fingerprint density at radius 2 is 1.96 bits per heavy atom. The molecule has 3 rings (SSSR count). The van der Waals surface area contributed by atoms with Crippen LogP contribution in [0.25, 0.3) is 0 Å². The molecule has 0 bridgehead atoms. The summed E-state index contributed by atoms with van der Waals surface area (Å²) in [5.41, 5.74) is 5.88. The maximum absolute atomic E-state index is 12.9. The molecule has 5 nitrogen and oxygen atoms in total. The van der Waals surface area contributed by atoms with Gasteiger partial charge < -0.3 is 15.5 Å². The molecule has 7 heteroatoms. The number of nitrogens with two attached hydrogens (primary N) is 1. The van der Waals surface area contributed by atoms with E-state index in [9.17, 15) is 9.59 Å². The number of hydrogen-bond donors (Lipinski definition) is 1. The third kappa shape index (κ3) is 3.80. The van der Waals surface area contributed by atoms with Crippen molar-refractivity contribution in [3.63, 3.8) is 0 Å². The number of nitrogens with zero attached hydrogens (tertiary/aromatic N) is 2. The number of amides is 2. The molecule has 2 amide bonds. The summed E-state index contributed by atoms with van der Waals surface area (Å²) in [7, 11) is 0. The van der Waals surface area contributed by atoms with Gasteiger partial charge in [0.1, 0.15) is 6.04 Å². The van der Waals surface area contributed by atoms with E-state index >= 15 is 0 Å². The average Bonchev–Trinajstić information content (AvgIpc) is 3.26. The molecule has 132 valence electrons. The third-order valence-electron chi connectivity index (χ3n) is 5.52. The molecule has 2 unspecified atom stereocenters. The van der Waals surface area contributed by atoms with E-state index in [1.807, 2.05) is 9.80 Å². The zero-order valence-corrected chi connectivity index (χ0v) is 15.5. The monoisotopic (exact) mass is 361 g/mol. The van der Waals surface area contributed by atoms with Crippen LogP contribution in [0.4, 0.5) is 0 Å². The first-order chi connectivity index (χ1) is 10.5. The summed E-state index contributed by atoms with van der Waals surface area (Å²) < 4.78 is 0. The Kier molecular flexibility index (Phi) is 6.25. The zero-order chi connectivity index (χ0) is 15.7. The van der Waals surface area contributed by atoms with Crippen molar-refractivity contribution in [1.82, 2.24) is 9.80 Å². The van der Waals surface area contributed by atoms with Gasteiger partial charge >= 0.3 is 0 Å². The lowest BCUT2D eigenvalue weighted by molar-refractivity contribution is -0.145. The van der Waals surface area contributed by atoms with E-state index in [0.29, 0.717) is 12.4 Å². The molecule has 1 saturated carbocycles. The molecular weight excluding hydrogens is 334 g/mol. The fourth-order valence-corrected chi connectivity index (χ4v) is 5.02. The molecule has 1 aliphatic carbocycles. The summed E-state index contributed by atoms with van der Waals surface area (Å²) in [4.78, 5) is 29.3. The molecular formula is C16H28ClN3O2S. The van der Waals surface area contributed by atoms with Crippen molar-refractivity contribution in [2.24, 2.45) is 17.1 Å². The largest absolute Gasteiger partial charge is 0.340 e. The van der Waals surface area contributed by atoms with Gasteiger partial charge in [-0.05, 0) is 31.2 Å². The normalized spacial score (nSPS) is 31.5. The van der Waals surface area contributed by atoms with E-state index in [-0.39, 0.29) is 41.6 Å². The van der Waals surface area contributed by atoms with Gasteiger partial charge in [-0.15, -0.1) is 24.2 Å². The molecule has 0 spiro atoms. The van der Waals surface area contributed by atoms with Crippen LogP contribution in [0.5, 0.6) is 0 Å². The maximum Gasteiger partial charge on any atom is 0.246 e. The van der Waals surface area contributed by atoms with E-state index in [2.05, 4.69) is 6.92 Å². The van der Waals surface area contributed by atoms with Gasteiger partial charge in [0.05, 0.1) is 5.88 Å². The smallest absolute Gasteiger partial charge is 0.246 e. The molecule has 0 radical (unpaired) electrons. The summed E-state index contributed by atoms with van der Waals surface area (Å²) in [6.07, 6.45) is 5.26. The first-order valence-electron chi connectivity index (χ1n) is 8.41. The minimum Gasteiger partial charge on any atom is -0.340 e. The topological polar surface area (TPSA) is 66.6 Å². The standard InChI is InChI=1S/C16H27N3O2S.ClH/c1-16(9-17)6-7-18(10-16)15(21)13-8-22-11-19(13)14(20)12-4-2-3-5-12;/h12-13H,2-11,17H2,1H3;1H. The van der Waals surface area contributed by atoms with Crippen LogP contribution in [0.3, 0.4) is 0 Å². The second kappa shape index (κ2) is 7.62. The molecule has 2 atom stereocenters. The predicted octanol–water partition coefficient (Wildman–Crippen LogP) is 1.70. The van der Waals surface area contributed by atoms with Gasteiger partial charge in [0, 0.05) is 24.8 Å². The molecule has 2 N–H and O–H groups in total. The van der Waals surface area contributed by atoms with Crippen molar-refractivity contribution in [3.8, 4) is 0 Å². The fourth-order valence-electron chi connectivity index (χ4n) is 3.86. The number of hydrogen-bond acceptors (Lipinski definition) is 4. The van der Waals surface area contributed by atoms with Gasteiger partial charge in [0.15, 0.2) is 0 Å². The zero-order valence-electron chi connectivity index (χ0n) is 13.8. The van der Waals surface area contributed by atoms with E-state index < -0.39 is 0 Å². The van der Waals surface area contributed by atoms with Crippen LogP contribution in [-0.4, -0.2) is 58.9 Å². The molecule has 3 fully saturated rings. The van der Waals surface area contributed by atoms with Crippen LogP contribution in [0.1, 0.15) is 39.0 Å². The number of halogens is 1. The molecule has 2 saturated heterocycles. The van der Waals surface area contributed by atoms with E-state index in [4.69, 9.17) is 5.73 Å². The molecule has 0 aromatic rings. The number of carbonyl (C=O) groups excluding carboxylic acids is 2. The Balaban J connectivity index is 0.00000192. The van der Waals surface area contributed by atoms with Crippen LogP contribution in [0.2, 0.25) is 0 Å². The first kappa shape index (κ1) is 18.9. The Morgan fingerprint density at radius 1 is 1.26 bits per heavy atom. The fraction of sp³-hybridized carbons (Fsp3) is 0.875. The van der Waals surface area contributed by atoms with Gasteiger partial charge in [-0.25, -0.2) is 0 Å². The van der Waals surface area contributed by atoms with E-state index in [1.165, 1.54) is 0 Å². The summed E-state index contributed by atoms with van der Waals surface area (Å²) in [6.45, 7) is 4.26. The molecule has 0 aromatic carbocycles. The second-order valence-corrected chi connectivity index (χ2v) is 8.33. The Labute approximate surface area is 149 Å². The summed E-state index contributed by atoms with van der Waals surface area (Å²) in [5.74, 6) is 1.91. The Bertz CT molecular complexity index is 459.